The number of thioether (sulfide) groups is 1. The minimum Gasteiger partial charge on any atom is -0.361 e. The lowest BCUT2D eigenvalue weighted by molar-refractivity contribution is -0.138. The van der Waals surface area contributed by atoms with Crippen LogP contribution in [0.25, 0.3) is 0 Å². The van der Waals surface area contributed by atoms with E-state index in [0.29, 0.717) is 17.1 Å². The van der Waals surface area contributed by atoms with Gasteiger partial charge in [-0.2, -0.15) is 24.9 Å². The predicted octanol–water partition coefficient (Wildman–Crippen LogP) is 4.74. The molecule has 2 aromatic rings. The first kappa shape index (κ1) is 15.0. The summed E-state index contributed by atoms with van der Waals surface area (Å²) in [6.45, 7) is 3.63. The third kappa shape index (κ3) is 3.36. The van der Waals surface area contributed by atoms with Gasteiger partial charge in [0.2, 0.25) is 0 Å². The monoisotopic (exact) mass is 301 g/mol. The number of hydrogen-bond acceptors (Lipinski definition) is 3. The molecule has 0 unspecified atom stereocenters. The van der Waals surface area contributed by atoms with Crippen molar-refractivity contribution in [1.29, 1.82) is 0 Å². The lowest BCUT2D eigenvalue weighted by atomic mass is 10.1. The highest BCUT2D eigenvalue weighted by atomic mass is 32.2. The standard InChI is InChI=1S/C14H14F3NOS/c1-9-12(10(2)19-18-9)8-20-7-11-5-3-4-6-13(11)14(15,16)17/h3-6H,7-8H2,1-2H3. The fraction of sp³-hybridized carbons (Fsp3) is 0.357. The van der Waals surface area contributed by atoms with Crippen molar-refractivity contribution in [2.45, 2.75) is 31.5 Å². The zero-order chi connectivity index (χ0) is 14.8. The summed E-state index contributed by atoms with van der Waals surface area (Å²) < 4.78 is 43.6. The number of alkyl halides is 3. The first-order valence-corrected chi connectivity index (χ1v) is 7.19. The summed E-state index contributed by atoms with van der Waals surface area (Å²) in [7, 11) is 0. The molecule has 108 valence electrons. The molecular weight excluding hydrogens is 287 g/mol. The van der Waals surface area contributed by atoms with Gasteiger partial charge in [-0.05, 0) is 25.5 Å². The van der Waals surface area contributed by atoms with Gasteiger partial charge in [0.15, 0.2) is 0 Å². The molecule has 0 saturated carbocycles. The fourth-order valence-corrected chi connectivity index (χ4v) is 3.08. The Balaban J connectivity index is 2.05. The van der Waals surface area contributed by atoms with Crippen molar-refractivity contribution in [2.24, 2.45) is 0 Å². The summed E-state index contributed by atoms with van der Waals surface area (Å²) in [6.07, 6.45) is -4.31. The van der Waals surface area contributed by atoms with Gasteiger partial charge >= 0.3 is 6.18 Å². The Morgan fingerprint density at radius 3 is 2.45 bits per heavy atom. The van der Waals surface area contributed by atoms with E-state index >= 15 is 0 Å². The molecule has 0 amide bonds. The number of halogens is 3. The van der Waals surface area contributed by atoms with Gasteiger partial charge in [-0.1, -0.05) is 23.4 Å². The smallest absolute Gasteiger partial charge is 0.361 e. The molecule has 0 aliphatic heterocycles. The first-order chi connectivity index (χ1) is 9.39. The van der Waals surface area contributed by atoms with Gasteiger partial charge in [-0.25, -0.2) is 0 Å². The fourth-order valence-electron chi connectivity index (χ4n) is 1.89. The van der Waals surface area contributed by atoms with Crippen molar-refractivity contribution in [3.63, 3.8) is 0 Å². The molecule has 1 aromatic carbocycles. The molecule has 1 heterocycles. The van der Waals surface area contributed by atoms with Crippen LogP contribution in [0.5, 0.6) is 0 Å². The maximum absolute atomic E-state index is 12.8. The van der Waals surface area contributed by atoms with Crippen molar-refractivity contribution >= 4 is 11.8 Å². The van der Waals surface area contributed by atoms with E-state index in [0.717, 1.165) is 23.1 Å². The molecule has 0 saturated heterocycles. The SMILES string of the molecule is Cc1noc(C)c1CSCc1ccccc1C(F)(F)F. The quantitative estimate of drug-likeness (QED) is 0.815. The van der Waals surface area contributed by atoms with E-state index in [1.807, 2.05) is 6.92 Å². The van der Waals surface area contributed by atoms with Crippen LogP contribution in [0, 0.1) is 13.8 Å². The Hall–Kier alpha value is -1.43. The Morgan fingerprint density at radius 1 is 1.15 bits per heavy atom. The van der Waals surface area contributed by atoms with E-state index in [4.69, 9.17) is 4.52 Å². The number of aromatic nitrogens is 1. The van der Waals surface area contributed by atoms with Crippen molar-refractivity contribution in [1.82, 2.24) is 5.16 Å². The Kier molecular flexibility index (Phi) is 4.42. The third-order valence-electron chi connectivity index (χ3n) is 3.01. The minimum absolute atomic E-state index is 0.303. The van der Waals surface area contributed by atoms with Gasteiger partial charge in [0.25, 0.3) is 0 Å². The van der Waals surface area contributed by atoms with Crippen LogP contribution in [-0.2, 0) is 17.7 Å². The highest BCUT2D eigenvalue weighted by molar-refractivity contribution is 7.97. The second kappa shape index (κ2) is 5.91. The van der Waals surface area contributed by atoms with Gasteiger partial charge in [0.1, 0.15) is 5.76 Å². The average molecular weight is 301 g/mol. The molecule has 0 spiro atoms. The molecular formula is C14H14F3NOS. The Morgan fingerprint density at radius 2 is 1.85 bits per heavy atom. The average Bonchev–Trinajstić information content (AvgIpc) is 2.70. The van der Waals surface area contributed by atoms with E-state index in [2.05, 4.69) is 5.16 Å². The number of aryl methyl sites for hydroxylation is 2. The van der Waals surface area contributed by atoms with Gasteiger partial charge in [-0.3, -0.25) is 0 Å². The largest absolute Gasteiger partial charge is 0.416 e. The molecule has 20 heavy (non-hydrogen) atoms. The molecule has 1 aromatic heterocycles. The summed E-state index contributed by atoms with van der Waals surface area (Å²) in [5, 5.41) is 3.83. The van der Waals surface area contributed by atoms with Crippen LogP contribution in [0.2, 0.25) is 0 Å². The lowest BCUT2D eigenvalue weighted by Crippen LogP contribution is -2.08. The summed E-state index contributed by atoms with van der Waals surface area (Å²) >= 11 is 1.42. The number of rotatable bonds is 4. The molecule has 0 fully saturated rings. The van der Waals surface area contributed by atoms with Crippen LogP contribution in [0.4, 0.5) is 13.2 Å². The maximum Gasteiger partial charge on any atom is 0.416 e. The topological polar surface area (TPSA) is 26.0 Å². The lowest BCUT2D eigenvalue weighted by Gasteiger charge is -2.12. The second-order valence-corrected chi connectivity index (χ2v) is 5.44. The van der Waals surface area contributed by atoms with E-state index < -0.39 is 11.7 Å². The number of hydrogen-bond donors (Lipinski definition) is 0. The molecule has 0 radical (unpaired) electrons. The Bertz CT molecular complexity index is 573. The van der Waals surface area contributed by atoms with Crippen LogP contribution in [-0.4, -0.2) is 5.16 Å². The van der Waals surface area contributed by atoms with Crippen LogP contribution >= 0.6 is 11.8 Å². The van der Waals surface area contributed by atoms with Crippen LogP contribution < -0.4 is 0 Å². The van der Waals surface area contributed by atoms with Gasteiger partial charge in [0.05, 0.1) is 11.3 Å². The summed E-state index contributed by atoms with van der Waals surface area (Å²) in [6, 6.07) is 5.67. The highest BCUT2D eigenvalue weighted by Crippen LogP contribution is 2.34. The number of nitrogens with zero attached hydrogens (tertiary/aromatic N) is 1. The van der Waals surface area contributed by atoms with Crippen molar-refractivity contribution in [2.75, 3.05) is 0 Å². The first-order valence-electron chi connectivity index (χ1n) is 6.04. The van der Waals surface area contributed by atoms with Gasteiger partial charge < -0.3 is 4.52 Å². The molecule has 2 rings (SSSR count). The predicted molar refractivity (Wildman–Crippen MR) is 72.4 cm³/mol. The molecule has 0 bridgehead atoms. The van der Waals surface area contributed by atoms with E-state index in [1.54, 1.807) is 13.0 Å². The van der Waals surface area contributed by atoms with E-state index in [-0.39, 0.29) is 0 Å². The minimum atomic E-state index is -4.31. The van der Waals surface area contributed by atoms with Crippen molar-refractivity contribution in [3.05, 3.63) is 52.4 Å². The summed E-state index contributed by atoms with van der Waals surface area (Å²) in [5.41, 5.74) is 1.49. The summed E-state index contributed by atoms with van der Waals surface area (Å²) in [4.78, 5) is 0. The van der Waals surface area contributed by atoms with E-state index in [1.165, 1.54) is 23.9 Å². The van der Waals surface area contributed by atoms with Crippen LogP contribution in [0.15, 0.2) is 28.8 Å². The normalized spacial score (nSPS) is 11.8. The molecule has 0 aliphatic rings. The third-order valence-corrected chi connectivity index (χ3v) is 4.02. The number of benzene rings is 1. The zero-order valence-electron chi connectivity index (χ0n) is 11.1. The van der Waals surface area contributed by atoms with Crippen molar-refractivity contribution in [3.8, 4) is 0 Å². The van der Waals surface area contributed by atoms with Gasteiger partial charge in [0, 0.05) is 17.1 Å². The molecule has 0 atom stereocenters. The molecule has 2 nitrogen and oxygen atoms in total. The summed E-state index contributed by atoms with van der Waals surface area (Å²) in [5.74, 6) is 1.62. The molecule has 0 N–H and O–H groups in total. The Labute approximate surface area is 119 Å². The van der Waals surface area contributed by atoms with Crippen LogP contribution in [0.3, 0.4) is 0 Å². The van der Waals surface area contributed by atoms with Gasteiger partial charge in [-0.15, -0.1) is 0 Å². The molecule has 6 heteroatoms. The highest BCUT2D eigenvalue weighted by Gasteiger charge is 2.32. The van der Waals surface area contributed by atoms with Crippen molar-refractivity contribution < 1.29 is 17.7 Å². The zero-order valence-corrected chi connectivity index (χ0v) is 11.9. The second-order valence-electron chi connectivity index (χ2n) is 4.45. The molecule has 0 aliphatic carbocycles. The van der Waals surface area contributed by atoms with Crippen LogP contribution in [0.1, 0.15) is 28.1 Å². The maximum atomic E-state index is 12.8. The van der Waals surface area contributed by atoms with E-state index in [9.17, 15) is 13.2 Å².